The smallest absolute Gasteiger partial charge is 0.287 e. The molecule has 6 nitrogen and oxygen atoms in total. The van der Waals surface area contributed by atoms with Crippen LogP contribution in [0.2, 0.25) is 0 Å². The van der Waals surface area contributed by atoms with E-state index >= 15 is 0 Å². The zero-order valence-electron chi connectivity index (χ0n) is 15.0. The Bertz CT molecular complexity index is 1130. The molecule has 2 aromatic carbocycles. The summed E-state index contributed by atoms with van der Waals surface area (Å²) in [4.78, 5) is 28.8. The van der Waals surface area contributed by atoms with Crippen molar-refractivity contribution in [3.63, 3.8) is 0 Å². The fourth-order valence-corrected chi connectivity index (χ4v) is 3.49. The standard InChI is InChI=1S/C21H17N3O3S/c1-13(22-20(26)18-7-4-10-27-18)19(25)24-21-23-17(12-28-21)16-9-8-14-5-2-3-6-15(14)11-16/h2-13H,1H3,(H,22,26)(H,23,24,25). The number of furan rings is 1. The van der Waals surface area contributed by atoms with E-state index in [2.05, 4.69) is 39.9 Å². The van der Waals surface area contributed by atoms with Crippen molar-refractivity contribution in [2.75, 3.05) is 5.32 Å². The number of hydrogen-bond donors (Lipinski definition) is 2. The molecule has 0 bridgehead atoms. The Morgan fingerprint density at radius 2 is 1.89 bits per heavy atom. The van der Waals surface area contributed by atoms with E-state index in [-0.39, 0.29) is 11.7 Å². The summed E-state index contributed by atoms with van der Waals surface area (Å²) in [6.07, 6.45) is 1.41. The molecule has 0 radical (unpaired) electrons. The summed E-state index contributed by atoms with van der Waals surface area (Å²) >= 11 is 1.34. The Morgan fingerprint density at radius 1 is 1.07 bits per heavy atom. The van der Waals surface area contributed by atoms with E-state index in [4.69, 9.17) is 4.42 Å². The van der Waals surface area contributed by atoms with Crippen LogP contribution in [0.5, 0.6) is 0 Å². The molecule has 2 N–H and O–H groups in total. The molecule has 2 amide bonds. The van der Waals surface area contributed by atoms with Gasteiger partial charge in [0.1, 0.15) is 6.04 Å². The van der Waals surface area contributed by atoms with Gasteiger partial charge in [-0.05, 0) is 35.9 Å². The molecule has 0 aliphatic carbocycles. The molecule has 0 fully saturated rings. The van der Waals surface area contributed by atoms with Gasteiger partial charge in [-0.25, -0.2) is 4.98 Å². The summed E-state index contributed by atoms with van der Waals surface area (Å²) in [5.41, 5.74) is 1.77. The molecular formula is C21H17N3O3S. The maximum atomic E-state index is 12.3. The first-order chi connectivity index (χ1) is 13.6. The molecular weight excluding hydrogens is 374 g/mol. The summed E-state index contributed by atoms with van der Waals surface area (Å²) in [5, 5.41) is 10.0. The zero-order valence-corrected chi connectivity index (χ0v) is 15.8. The third kappa shape index (κ3) is 3.79. The number of aromatic nitrogens is 1. The molecule has 7 heteroatoms. The van der Waals surface area contributed by atoms with Crippen LogP contribution in [0.1, 0.15) is 17.5 Å². The number of carbonyl (C=O) groups excluding carboxylic acids is 2. The highest BCUT2D eigenvalue weighted by Crippen LogP contribution is 2.27. The van der Waals surface area contributed by atoms with Gasteiger partial charge in [-0.2, -0.15) is 0 Å². The Hall–Kier alpha value is -3.45. The Labute approximate surface area is 165 Å². The maximum absolute atomic E-state index is 12.3. The van der Waals surface area contributed by atoms with Crippen LogP contribution in [0, 0.1) is 0 Å². The topological polar surface area (TPSA) is 84.2 Å². The number of nitrogens with one attached hydrogen (secondary N) is 2. The SMILES string of the molecule is CC(NC(=O)c1ccco1)C(=O)Nc1nc(-c2ccc3ccccc3c2)cs1. The van der Waals surface area contributed by atoms with Crippen molar-refractivity contribution in [2.24, 2.45) is 0 Å². The van der Waals surface area contributed by atoms with Crippen molar-refractivity contribution in [3.8, 4) is 11.3 Å². The van der Waals surface area contributed by atoms with Crippen LogP contribution in [-0.2, 0) is 4.79 Å². The molecule has 1 atom stereocenters. The number of rotatable bonds is 5. The number of nitrogens with zero attached hydrogens (tertiary/aromatic N) is 1. The van der Waals surface area contributed by atoms with Gasteiger partial charge >= 0.3 is 0 Å². The highest BCUT2D eigenvalue weighted by atomic mass is 32.1. The van der Waals surface area contributed by atoms with Crippen molar-refractivity contribution >= 4 is 39.1 Å². The van der Waals surface area contributed by atoms with Gasteiger partial charge < -0.3 is 15.1 Å². The predicted molar refractivity (Wildman–Crippen MR) is 109 cm³/mol. The number of benzene rings is 2. The quantitative estimate of drug-likeness (QED) is 0.531. The largest absolute Gasteiger partial charge is 0.459 e. The average Bonchev–Trinajstić information content (AvgIpc) is 3.40. The summed E-state index contributed by atoms with van der Waals surface area (Å²) in [5.74, 6) is -0.629. The third-order valence-electron chi connectivity index (χ3n) is 4.27. The number of anilines is 1. The molecule has 0 aliphatic heterocycles. The van der Waals surface area contributed by atoms with Gasteiger partial charge in [0.2, 0.25) is 5.91 Å². The van der Waals surface area contributed by atoms with Crippen LogP contribution >= 0.6 is 11.3 Å². The minimum Gasteiger partial charge on any atom is -0.459 e. The molecule has 0 aliphatic rings. The Kier molecular flexibility index (Phi) is 4.90. The lowest BCUT2D eigenvalue weighted by molar-refractivity contribution is -0.117. The molecule has 0 spiro atoms. The van der Waals surface area contributed by atoms with Gasteiger partial charge in [0.05, 0.1) is 12.0 Å². The van der Waals surface area contributed by atoms with E-state index in [1.807, 2.05) is 23.6 Å². The lowest BCUT2D eigenvalue weighted by Crippen LogP contribution is -2.41. The summed E-state index contributed by atoms with van der Waals surface area (Å²) < 4.78 is 5.02. The predicted octanol–water partition coefficient (Wildman–Crippen LogP) is 4.31. The molecule has 1 unspecified atom stereocenters. The molecule has 0 saturated heterocycles. The van der Waals surface area contributed by atoms with Gasteiger partial charge in [-0.1, -0.05) is 36.4 Å². The molecule has 2 heterocycles. The first-order valence-electron chi connectivity index (χ1n) is 8.70. The second-order valence-electron chi connectivity index (χ2n) is 6.26. The number of hydrogen-bond acceptors (Lipinski definition) is 5. The van der Waals surface area contributed by atoms with E-state index in [0.29, 0.717) is 5.13 Å². The number of fused-ring (bicyclic) bond motifs is 1. The first kappa shape index (κ1) is 17.9. The summed E-state index contributed by atoms with van der Waals surface area (Å²) in [6.45, 7) is 1.61. The fourth-order valence-electron chi connectivity index (χ4n) is 2.77. The highest BCUT2D eigenvalue weighted by Gasteiger charge is 2.19. The Morgan fingerprint density at radius 3 is 2.68 bits per heavy atom. The van der Waals surface area contributed by atoms with Gasteiger partial charge in [-0.15, -0.1) is 11.3 Å². The van der Waals surface area contributed by atoms with Gasteiger partial charge in [0.25, 0.3) is 5.91 Å². The fraction of sp³-hybridized carbons (Fsp3) is 0.0952. The van der Waals surface area contributed by atoms with Crippen LogP contribution in [0.4, 0.5) is 5.13 Å². The minimum atomic E-state index is -0.731. The van der Waals surface area contributed by atoms with Gasteiger partial charge in [0.15, 0.2) is 10.9 Å². The number of amides is 2. The van der Waals surface area contributed by atoms with Crippen LogP contribution in [-0.4, -0.2) is 22.8 Å². The minimum absolute atomic E-state index is 0.160. The van der Waals surface area contributed by atoms with Crippen molar-refractivity contribution in [1.29, 1.82) is 0 Å². The number of thiazole rings is 1. The van der Waals surface area contributed by atoms with Crippen LogP contribution in [0.15, 0.2) is 70.7 Å². The molecule has 2 aromatic heterocycles. The van der Waals surface area contributed by atoms with Crippen molar-refractivity contribution in [2.45, 2.75) is 13.0 Å². The van der Waals surface area contributed by atoms with Gasteiger partial charge in [-0.3, -0.25) is 9.59 Å². The second kappa shape index (κ2) is 7.66. The van der Waals surface area contributed by atoms with Crippen LogP contribution < -0.4 is 10.6 Å². The summed E-state index contributed by atoms with van der Waals surface area (Å²) in [6, 6.07) is 16.7. The van der Waals surface area contributed by atoms with Crippen molar-refractivity contribution in [1.82, 2.24) is 10.3 Å². The molecule has 0 saturated carbocycles. The van der Waals surface area contributed by atoms with Crippen LogP contribution in [0.25, 0.3) is 22.0 Å². The van der Waals surface area contributed by atoms with E-state index in [0.717, 1.165) is 22.0 Å². The molecule has 28 heavy (non-hydrogen) atoms. The average molecular weight is 391 g/mol. The van der Waals surface area contributed by atoms with Crippen LogP contribution in [0.3, 0.4) is 0 Å². The normalized spacial score (nSPS) is 11.9. The van der Waals surface area contributed by atoms with E-state index < -0.39 is 11.9 Å². The lowest BCUT2D eigenvalue weighted by Gasteiger charge is -2.11. The molecule has 4 rings (SSSR count). The third-order valence-corrected chi connectivity index (χ3v) is 5.02. The second-order valence-corrected chi connectivity index (χ2v) is 7.12. The highest BCUT2D eigenvalue weighted by molar-refractivity contribution is 7.14. The van der Waals surface area contributed by atoms with Crippen molar-refractivity contribution in [3.05, 3.63) is 72.0 Å². The van der Waals surface area contributed by atoms with E-state index in [1.54, 1.807) is 13.0 Å². The number of carbonyl (C=O) groups is 2. The van der Waals surface area contributed by atoms with Gasteiger partial charge in [0, 0.05) is 10.9 Å². The zero-order chi connectivity index (χ0) is 19.5. The van der Waals surface area contributed by atoms with E-state index in [9.17, 15) is 9.59 Å². The first-order valence-corrected chi connectivity index (χ1v) is 9.58. The molecule has 4 aromatic rings. The summed E-state index contributed by atoms with van der Waals surface area (Å²) in [7, 11) is 0. The maximum Gasteiger partial charge on any atom is 0.287 e. The Balaban J connectivity index is 1.43. The van der Waals surface area contributed by atoms with E-state index in [1.165, 1.54) is 23.7 Å². The lowest BCUT2D eigenvalue weighted by atomic mass is 10.1. The monoisotopic (exact) mass is 391 g/mol. The molecule has 140 valence electrons. The van der Waals surface area contributed by atoms with Crippen molar-refractivity contribution < 1.29 is 14.0 Å².